The molecule has 2 N–H and O–H groups in total. The molecule has 1 aromatic rings. The van der Waals surface area contributed by atoms with Crippen LogP contribution in [0.3, 0.4) is 0 Å². The third kappa shape index (κ3) is 3.61. The number of hydrogen-bond acceptors (Lipinski definition) is 4. The summed E-state index contributed by atoms with van der Waals surface area (Å²) in [5, 5.41) is 0. The fourth-order valence-corrected chi connectivity index (χ4v) is 2.65. The average molecular weight is 264 g/mol. The van der Waals surface area contributed by atoms with Crippen molar-refractivity contribution in [3.8, 4) is 11.5 Å². The molecule has 1 unspecified atom stereocenters. The fraction of sp³-hybridized carbons (Fsp3) is 0.600. The van der Waals surface area contributed by atoms with E-state index in [4.69, 9.17) is 15.2 Å². The molecule has 0 bridgehead atoms. The number of benzene rings is 1. The zero-order chi connectivity index (χ0) is 13.7. The van der Waals surface area contributed by atoms with Gasteiger partial charge in [-0.3, -0.25) is 0 Å². The van der Waals surface area contributed by atoms with Gasteiger partial charge < -0.3 is 20.1 Å². The van der Waals surface area contributed by atoms with Crippen LogP contribution < -0.4 is 15.2 Å². The van der Waals surface area contributed by atoms with Crippen LogP contribution >= 0.6 is 0 Å². The molecule has 0 saturated carbocycles. The van der Waals surface area contributed by atoms with Crippen molar-refractivity contribution in [3.05, 3.63) is 23.8 Å². The van der Waals surface area contributed by atoms with E-state index < -0.39 is 0 Å². The van der Waals surface area contributed by atoms with Crippen molar-refractivity contribution in [1.29, 1.82) is 0 Å². The van der Waals surface area contributed by atoms with Gasteiger partial charge in [0.15, 0.2) is 0 Å². The highest BCUT2D eigenvalue weighted by atomic mass is 16.5. The maximum Gasteiger partial charge on any atom is 0.123 e. The first-order chi connectivity index (χ1) is 9.24. The van der Waals surface area contributed by atoms with E-state index >= 15 is 0 Å². The monoisotopic (exact) mass is 264 g/mol. The number of nitrogens with zero attached hydrogens (tertiary/aromatic N) is 1. The van der Waals surface area contributed by atoms with E-state index in [-0.39, 0.29) is 6.04 Å². The summed E-state index contributed by atoms with van der Waals surface area (Å²) in [6.07, 6.45) is 3.90. The van der Waals surface area contributed by atoms with Gasteiger partial charge in [-0.1, -0.05) is 6.42 Å². The Labute approximate surface area is 115 Å². The van der Waals surface area contributed by atoms with Gasteiger partial charge in [0.25, 0.3) is 0 Å². The molecule has 1 aliphatic heterocycles. The Bertz CT molecular complexity index is 403. The van der Waals surface area contributed by atoms with E-state index in [1.165, 1.54) is 19.3 Å². The van der Waals surface area contributed by atoms with Crippen molar-refractivity contribution in [1.82, 2.24) is 4.90 Å². The minimum atomic E-state index is -0.0388. The lowest BCUT2D eigenvalue weighted by molar-refractivity contribution is 0.215. The minimum absolute atomic E-state index is 0.0388. The Kier molecular flexibility index (Phi) is 5.05. The van der Waals surface area contributed by atoms with Crippen molar-refractivity contribution in [2.24, 2.45) is 5.73 Å². The maximum absolute atomic E-state index is 6.35. The zero-order valence-corrected chi connectivity index (χ0v) is 11.9. The van der Waals surface area contributed by atoms with E-state index in [0.717, 1.165) is 36.7 Å². The smallest absolute Gasteiger partial charge is 0.123 e. The van der Waals surface area contributed by atoms with Crippen molar-refractivity contribution >= 4 is 0 Å². The molecule has 4 heteroatoms. The second kappa shape index (κ2) is 6.78. The Morgan fingerprint density at radius 1 is 1.16 bits per heavy atom. The van der Waals surface area contributed by atoms with E-state index in [0.29, 0.717) is 0 Å². The highest BCUT2D eigenvalue weighted by molar-refractivity contribution is 5.42. The van der Waals surface area contributed by atoms with E-state index in [9.17, 15) is 0 Å². The van der Waals surface area contributed by atoms with Crippen molar-refractivity contribution in [2.45, 2.75) is 25.3 Å². The predicted molar refractivity (Wildman–Crippen MR) is 76.8 cm³/mol. The van der Waals surface area contributed by atoms with Gasteiger partial charge in [-0.15, -0.1) is 0 Å². The first-order valence-electron chi connectivity index (χ1n) is 6.94. The van der Waals surface area contributed by atoms with Gasteiger partial charge in [0.05, 0.1) is 14.2 Å². The Morgan fingerprint density at radius 3 is 2.53 bits per heavy atom. The van der Waals surface area contributed by atoms with Crippen LogP contribution in [0.5, 0.6) is 11.5 Å². The maximum atomic E-state index is 6.35. The summed E-state index contributed by atoms with van der Waals surface area (Å²) in [5.74, 6) is 1.66. The van der Waals surface area contributed by atoms with Crippen molar-refractivity contribution in [3.63, 3.8) is 0 Å². The van der Waals surface area contributed by atoms with Crippen LogP contribution in [0.4, 0.5) is 0 Å². The molecule has 4 nitrogen and oxygen atoms in total. The fourth-order valence-electron chi connectivity index (χ4n) is 2.65. The summed E-state index contributed by atoms with van der Waals surface area (Å²) in [4.78, 5) is 2.44. The number of ether oxygens (including phenoxy) is 2. The molecule has 0 radical (unpaired) electrons. The highest BCUT2D eigenvalue weighted by Crippen LogP contribution is 2.29. The molecule has 1 heterocycles. The van der Waals surface area contributed by atoms with Crippen molar-refractivity contribution in [2.75, 3.05) is 33.9 Å². The van der Waals surface area contributed by atoms with E-state index in [2.05, 4.69) is 4.90 Å². The number of hydrogen-bond donors (Lipinski definition) is 1. The SMILES string of the molecule is COc1ccc(OC)c(C(N)CN2CCCCC2)c1. The molecule has 1 aromatic carbocycles. The lowest BCUT2D eigenvalue weighted by atomic mass is 10.0. The van der Waals surface area contributed by atoms with Crippen LogP contribution in [-0.2, 0) is 0 Å². The van der Waals surface area contributed by atoms with Crippen LogP contribution in [-0.4, -0.2) is 38.8 Å². The number of nitrogens with two attached hydrogens (primary N) is 1. The van der Waals surface area contributed by atoms with Crippen LogP contribution in [0, 0.1) is 0 Å². The molecule has 2 rings (SSSR count). The van der Waals surface area contributed by atoms with Gasteiger partial charge in [0.1, 0.15) is 11.5 Å². The molecule has 106 valence electrons. The largest absolute Gasteiger partial charge is 0.497 e. The van der Waals surface area contributed by atoms with Gasteiger partial charge in [-0.25, -0.2) is 0 Å². The molecule has 0 aromatic heterocycles. The van der Waals surface area contributed by atoms with Crippen LogP contribution in [0.15, 0.2) is 18.2 Å². The van der Waals surface area contributed by atoms with Crippen LogP contribution in [0.1, 0.15) is 30.9 Å². The number of methoxy groups -OCH3 is 2. The first-order valence-corrected chi connectivity index (χ1v) is 6.94. The molecule has 0 amide bonds. The molecule has 1 atom stereocenters. The molecule has 1 aliphatic rings. The predicted octanol–water partition coefficient (Wildman–Crippen LogP) is 2.19. The van der Waals surface area contributed by atoms with Crippen LogP contribution in [0.25, 0.3) is 0 Å². The average Bonchev–Trinajstić information content (AvgIpc) is 2.47. The zero-order valence-electron chi connectivity index (χ0n) is 11.9. The molecule has 0 spiro atoms. The summed E-state index contributed by atoms with van der Waals surface area (Å²) in [5.41, 5.74) is 7.37. The van der Waals surface area contributed by atoms with Gasteiger partial charge in [0, 0.05) is 18.2 Å². The molecule has 19 heavy (non-hydrogen) atoms. The first kappa shape index (κ1) is 14.2. The molecule has 1 fully saturated rings. The van der Waals surface area contributed by atoms with Gasteiger partial charge in [-0.05, 0) is 44.1 Å². The summed E-state index contributed by atoms with van der Waals surface area (Å²) in [6.45, 7) is 3.18. The normalized spacial score (nSPS) is 18.1. The summed E-state index contributed by atoms with van der Waals surface area (Å²) in [7, 11) is 3.35. The minimum Gasteiger partial charge on any atom is -0.497 e. The second-order valence-electron chi connectivity index (χ2n) is 5.08. The molecule has 0 aliphatic carbocycles. The molecule has 1 saturated heterocycles. The molecular formula is C15H24N2O2. The standard InChI is InChI=1S/C15H24N2O2/c1-18-12-6-7-15(19-2)13(10-12)14(16)11-17-8-4-3-5-9-17/h6-7,10,14H,3-5,8-9,11,16H2,1-2H3. The second-order valence-corrected chi connectivity index (χ2v) is 5.08. The van der Waals surface area contributed by atoms with Gasteiger partial charge in [0.2, 0.25) is 0 Å². The number of likely N-dealkylation sites (tertiary alicyclic amines) is 1. The quantitative estimate of drug-likeness (QED) is 0.885. The summed E-state index contributed by atoms with van der Waals surface area (Å²) >= 11 is 0. The third-order valence-electron chi connectivity index (χ3n) is 3.74. The van der Waals surface area contributed by atoms with E-state index in [1.54, 1.807) is 14.2 Å². The summed E-state index contributed by atoms with van der Waals surface area (Å²) < 4.78 is 10.7. The molecular weight excluding hydrogens is 240 g/mol. The lowest BCUT2D eigenvalue weighted by Gasteiger charge is -2.29. The number of piperidine rings is 1. The number of rotatable bonds is 5. The highest BCUT2D eigenvalue weighted by Gasteiger charge is 2.18. The van der Waals surface area contributed by atoms with Crippen molar-refractivity contribution < 1.29 is 9.47 Å². The topological polar surface area (TPSA) is 47.7 Å². The Hall–Kier alpha value is -1.26. The third-order valence-corrected chi connectivity index (χ3v) is 3.74. The lowest BCUT2D eigenvalue weighted by Crippen LogP contribution is -2.36. The summed E-state index contributed by atoms with van der Waals surface area (Å²) in [6, 6.07) is 5.76. The van der Waals surface area contributed by atoms with E-state index in [1.807, 2.05) is 18.2 Å². The Balaban J connectivity index is 2.09. The van der Waals surface area contributed by atoms with Gasteiger partial charge in [-0.2, -0.15) is 0 Å². The van der Waals surface area contributed by atoms with Crippen LogP contribution in [0.2, 0.25) is 0 Å². The van der Waals surface area contributed by atoms with Gasteiger partial charge >= 0.3 is 0 Å². The Morgan fingerprint density at radius 2 is 1.89 bits per heavy atom.